The van der Waals surface area contributed by atoms with Crippen LogP contribution in [0.2, 0.25) is 0 Å². The van der Waals surface area contributed by atoms with Crippen molar-refractivity contribution in [2.45, 2.75) is 45.3 Å². The number of aliphatic hydroxyl groups excluding tert-OH is 1. The van der Waals surface area contributed by atoms with Crippen LogP contribution in [-0.2, 0) is 13.1 Å². The zero-order valence-electron chi connectivity index (χ0n) is 14.3. The van der Waals surface area contributed by atoms with Gasteiger partial charge in [-0.15, -0.1) is 0 Å². The summed E-state index contributed by atoms with van der Waals surface area (Å²) in [4.78, 5) is 16.1. The molecule has 2 amide bonds. The molecule has 1 atom stereocenters. The largest absolute Gasteiger partial charge is 0.394 e. The second-order valence-electron chi connectivity index (χ2n) is 6.41. The highest BCUT2D eigenvalue weighted by Gasteiger charge is 2.16. The van der Waals surface area contributed by atoms with Gasteiger partial charge in [-0.2, -0.15) is 0 Å². The molecule has 23 heavy (non-hydrogen) atoms. The van der Waals surface area contributed by atoms with Gasteiger partial charge in [0, 0.05) is 20.1 Å². The van der Waals surface area contributed by atoms with Crippen LogP contribution in [0.4, 0.5) is 4.79 Å². The number of benzene rings is 1. The first-order chi connectivity index (χ1) is 11.1. The van der Waals surface area contributed by atoms with E-state index < -0.39 is 0 Å². The van der Waals surface area contributed by atoms with Crippen molar-refractivity contribution in [2.75, 3.05) is 26.7 Å². The fraction of sp³-hybridized carbons (Fsp3) is 0.611. The van der Waals surface area contributed by atoms with E-state index in [2.05, 4.69) is 28.4 Å². The first-order valence-electron chi connectivity index (χ1n) is 8.52. The fourth-order valence-corrected chi connectivity index (χ4v) is 2.86. The molecule has 128 valence electrons. The van der Waals surface area contributed by atoms with Crippen LogP contribution in [0.25, 0.3) is 0 Å². The van der Waals surface area contributed by atoms with E-state index in [9.17, 15) is 4.79 Å². The molecule has 0 aromatic heterocycles. The normalized spacial score (nSPS) is 16.8. The zero-order valence-corrected chi connectivity index (χ0v) is 14.3. The van der Waals surface area contributed by atoms with Gasteiger partial charge in [-0.05, 0) is 44.0 Å². The van der Waals surface area contributed by atoms with Crippen LogP contribution >= 0.6 is 0 Å². The maximum atomic E-state index is 12.1. The molecule has 1 unspecified atom stereocenters. The molecule has 2 N–H and O–H groups in total. The summed E-state index contributed by atoms with van der Waals surface area (Å²) in [5, 5.41) is 12.1. The topological polar surface area (TPSA) is 55.8 Å². The number of carbonyl (C=O) groups excluding carboxylic acids is 1. The third-order valence-corrected chi connectivity index (χ3v) is 4.64. The number of hydrogen-bond donors (Lipinski definition) is 2. The molecular weight excluding hydrogens is 290 g/mol. The Kier molecular flexibility index (Phi) is 6.86. The van der Waals surface area contributed by atoms with Gasteiger partial charge >= 0.3 is 6.03 Å². The molecule has 1 fully saturated rings. The van der Waals surface area contributed by atoms with E-state index in [0.717, 1.165) is 25.2 Å². The summed E-state index contributed by atoms with van der Waals surface area (Å²) in [6.07, 6.45) is 3.90. The van der Waals surface area contributed by atoms with Gasteiger partial charge in [0.15, 0.2) is 0 Å². The van der Waals surface area contributed by atoms with Crippen molar-refractivity contribution >= 4 is 6.03 Å². The Bertz CT molecular complexity index is 501. The van der Waals surface area contributed by atoms with Gasteiger partial charge in [0.1, 0.15) is 0 Å². The Morgan fingerprint density at radius 2 is 1.91 bits per heavy atom. The summed E-state index contributed by atoms with van der Waals surface area (Å²) >= 11 is 0. The standard InChI is InChI=1S/C18H29N3O2/c1-15(14-22)20(2)18(23)19-12-16-8-4-5-9-17(16)13-21-10-6-3-7-11-21/h4-5,8-9,15,22H,3,6-7,10-14H2,1-2H3,(H,19,23). The molecule has 0 aliphatic carbocycles. The van der Waals surface area contributed by atoms with E-state index in [1.165, 1.54) is 29.7 Å². The number of nitrogens with zero attached hydrogens (tertiary/aromatic N) is 2. The third kappa shape index (κ3) is 5.22. The minimum absolute atomic E-state index is 0.0323. The number of likely N-dealkylation sites (N-methyl/N-ethyl adjacent to an activating group) is 1. The van der Waals surface area contributed by atoms with Crippen molar-refractivity contribution in [3.05, 3.63) is 35.4 Å². The van der Waals surface area contributed by atoms with Crippen molar-refractivity contribution in [2.24, 2.45) is 0 Å². The number of rotatable bonds is 6. The molecule has 1 aliphatic heterocycles. The van der Waals surface area contributed by atoms with Gasteiger partial charge in [0.2, 0.25) is 0 Å². The summed E-state index contributed by atoms with van der Waals surface area (Å²) in [5.74, 6) is 0. The van der Waals surface area contributed by atoms with E-state index >= 15 is 0 Å². The molecule has 0 spiro atoms. The highest BCUT2D eigenvalue weighted by atomic mass is 16.3. The monoisotopic (exact) mass is 319 g/mol. The molecule has 1 aromatic rings. The van der Waals surface area contributed by atoms with Gasteiger partial charge in [0.25, 0.3) is 0 Å². The number of amides is 2. The summed E-state index contributed by atoms with van der Waals surface area (Å²) in [7, 11) is 1.70. The van der Waals surface area contributed by atoms with Crippen LogP contribution in [0.1, 0.15) is 37.3 Å². The lowest BCUT2D eigenvalue weighted by molar-refractivity contribution is 0.157. The Morgan fingerprint density at radius 1 is 1.26 bits per heavy atom. The Labute approximate surface area is 139 Å². The quantitative estimate of drug-likeness (QED) is 0.845. The van der Waals surface area contributed by atoms with E-state index in [4.69, 9.17) is 5.11 Å². The maximum absolute atomic E-state index is 12.1. The second-order valence-corrected chi connectivity index (χ2v) is 6.41. The van der Waals surface area contributed by atoms with Crippen LogP contribution in [0.5, 0.6) is 0 Å². The minimum atomic E-state index is -0.182. The highest BCUT2D eigenvalue weighted by molar-refractivity contribution is 5.74. The van der Waals surface area contributed by atoms with Gasteiger partial charge in [-0.25, -0.2) is 4.79 Å². The molecule has 5 heteroatoms. The van der Waals surface area contributed by atoms with E-state index in [1.54, 1.807) is 7.05 Å². The first kappa shape index (κ1) is 17.8. The lowest BCUT2D eigenvalue weighted by atomic mass is 10.0. The molecule has 1 aromatic carbocycles. The van der Waals surface area contributed by atoms with Crippen molar-refractivity contribution < 1.29 is 9.90 Å². The predicted molar refractivity (Wildman–Crippen MR) is 92.1 cm³/mol. The number of likely N-dealkylation sites (tertiary alicyclic amines) is 1. The molecule has 0 saturated carbocycles. The lowest BCUT2D eigenvalue weighted by Crippen LogP contribution is -2.43. The van der Waals surface area contributed by atoms with Crippen molar-refractivity contribution in [3.63, 3.8) is 0 Å². The van der Waals surface area contributed by atoms with Crippen LogP contribution < -0.4 is 5.32 Å². The summed E-state index contributed by atoms with van der Waals surface area (Å²) in [6.45, 7) is 5.59. The maximum Gasteiger partial charge on any atom is 0.317 e. The zero-order chi connectivity index (χ0) is 16.7. The number of piperidine rings is 1. The summed E-state index contributed by atoms with van der Waals surface area (Å²) in [5.41, 5.74) is 2.45. The van der Waals surface area contributed by atoms with Gasteiger partial charge in [-0.1, -0.05) is 30.7 Å². The Balaban J connectivity index is 1.93. The number of aliphatic hydroxyl groups is 1. The first-order valence-corrected chi connectivity index (χ1v) is 8.52. The van der Waals surface area contributed by atoms with E-state index in [1.807, 2.05) is 13.0 Å². The Hall–Kier alpha value is -1.59. The summed E-state index contributed by atoms with van der Waals surface area (Å²) < 4.78 is 0. The molecule has 1 heterocycles. The van der Waals surface area contributed by atoms with Crippen molar-refractivity contribution in [3.8, 4) is 0 Å². The SMILES string of the molecule is CC(CO)N(C)C(=O)NCc1ccccc1CN1CCCCC1. The molecule has 0 radical (unpaired) electrons. The predicted octanol–water partition coefficient (Wildman–Crippen LogP) is 2.19. The number of urea groups is 1. The Morgan fingerprint density at radius 3 is 2.57 bits per heavy atom. The fourth-order valence-electron chi connectivity index (χ4n) is 2.86. The molecule has 1 saturated heterocycles. The van der Waals surface area contributed by atoms with E-state index in [-0.39, 0.29) is 18.7 Å². The minimum Gasteiger partial charge on any atom is -0.394 e. The molecule has 5 nitrogen and oxygen atoms in total. The van der Waals surface area contributed by atoms with Gasteiger partial charge in [0.05, 0.1) is 12.6 Å². The highest BCUT2D eigenvalue weighted by Crippen LogP contribution is 2.16. The number of carbonyl (C=O) groups is 1. The average molecular weight is 319 g/mol. The molecular formula is C18H29N3O2. The number of hydrogen-bond acceptors (Lipinski definition) is 3. The van der Waals surface area contributed by atoms with Crippen LogP contribution in [0.15, 0.2) is 24.3 Å². The number of nitrogens with one attached hydrogen (secondary N) is 1. The smallest absolute Gasteiger partial charge is 0.317 e. The molecule has 2 rings (SSSR count). The van der Waals surface area contributed by atoms with Crippen LogP contribution in [0, 0.1) is 0 Å². The average Bonchev–Trinajstić information content (AvgIpc) is 2.60. The van der Waals surface area contributed by atoms with Crippen molar-refractivity contribution in [1.29, 1.82) is 0 Å². The van der Waals surface area contributed by atoms with Gasteiger partial charge < -0.3 is 15.3 Å². The van der Waals surface area contributed by atoms with E-state index in [0.29, 0.717) is 6.54 Å². The summed E-state index contributed by atoms with van der Waals surface area (Å²) in [6, 6.07) is 7.97. The van der Waals surface area contributed by atoms with Crippen LogP contribution in [-0.4, -0.2) is 53.7 Å². The lowest BCUT2D eigenvalue weighted by Gasteiger charge is -2.27. The van der Waals surface area contributed by atoms with Crippen LogP contribution in [0.3, 0.4) is 0 Å². The third-order valence-electron chi connectivity index (χ3n) is 4.64. The molecule has 0 bridgehead atoms. The second kappa shape index (κ2) is 8.89. The molecule has 1 aliphatic rings. The van der Waals surface area contributed by atoms with Crippen molar-refractivity contribution in [1.82, 2.24) is 15.1 Å². The van der Waals surface area contributed by atoms with Gasteiger partial charge in [-0.3, -0.25) is 4.90 Å².